The number of carbonyl (C=O) groups is 1. The van der Waals surface area contributed by atoms with Crippen molar-refractivity contribution in [1.82, 2.24) is 0 Å². The molecule has 0 amide bonds. The van der Waals surface area contributed by atoms with Crippen LogP contribution in [0.3, 0.4) is 0 Å². The maximum atomic E-state index is 12.1. The Kier molecular flexibility index (Phi) is 3.99. The fraction of sp³-hybridized carbons (Fsp3) is 0.105. The molecule has 0 unspecified atom stereocenters. The predicted octanol–water partition coefficient (Wildman–Crippen LogP) is 5.05. The quantitative estimate of drug-likeness (QED) is 0.557. The van der Waals surface area contributed by atoms with Crippen LogP contribution in [0.1, 0.15) is 22.3 Å². The molecule has 0 saturated carbocycles. The Balaban J connectivity index is 1.96. The molecule has 0 N–H and O–H groups in total. The summed E-state index contributed by atoms with van der Waals surface area (Å²) in [6.45, 7) is 4.07. The molecule has 1 aliphatic heterocycles. The van der Waals surface area contributed by atoms with Crippen molar-refractivity contribution < 1.29 is 9.53 Å². The minimum Gasteiger partial charge on any atom is -0.422 e. The summed E-state index contributed by atoms with van der Waals surface area (Å²) in [5, 5.41) is 0. The van der Waals surface area contributed by atoms with Crippen molar-refractivity contribution in [2.45, 2.75) is 13.8 Å². The number of carbonyl (C=O) groups excluding carboxylic acids is 1. The van der Waals surface area contributed by atoms with E-state index >= 15 is 0 Å². The van der Waals surface area contributed by atoms with Gasteiger partial charge in [-0.1, -0.05) is 51.8 Å². The zero-order valence-electron chi connectivity index (χ0n) is 12.4. The average Bonchev–Trinajstić information content (AvgIpc) is 2.82. The van der Waals surface area contributed by atoms with E-state index in [1.165, 1.54) is 5.56 Å². The summed E-state index contributed by atoms with van der Waals surface area (Å²) in [5.41, 5.74) is 4.78. The van der Waals surface area contributed by atoms with Gasteiger partial charge >= 0.3 is 5.97 Å². The van der Waals surface area contributed by atoms with Crippen LogP contribution in [0.5, 0.6) is 0 Å². The number of halogens is 1. The van der Waals surface area contributed by atoms with Crippen LogP contribution in [-0.2, 0) is 9.53 Å². The first-order chi connectivity index (χ1) is 10.5. The minimum atomic E-state index is -0.308. The second-order valence-corrected chi connectivity index (χ2v) is 6.28. The van der Waals surface area contributed by atoms with E-state index in [1.54, 1.807) is 0 Å². The highest BCUT2D eigenvalue weighted by molar-refractivity contribution is 9.10. The van der Waals surface area contributed by atoms with Crippen LogP contribution >= 0.6 is 15.9 Å². The van der Waals surface area contributed by atoms with Crippen LogP contribution in [0.15, 0.2) is 58.6 Å². The number of hydrogen-bond acceptors (Lipinski definition) is 2. The summed E-state index contributed by atoms with van der Waals surface area (Å²) in [7, 11) is 0. The SMILES string of the molecule is Cc1ccc(C2=C/C(=C\c3ccc(Br)cc3)C(=O)O2)c(C)c1. The van der Waals surface area contributed by atoms with Crippen LogP contribution in [-0.4, -0.2) is 5.97 Å². The summed E-state index contributed by atoms with van der Waals surface area (Å²) in [6.07, 6.45) is 3.65. The standard InChI is InChI=1S/C19H15BrO2/c1-12-3-8-17(13(2)9-12)18-11-15(19(21)22-18)10-14-4-6-16(20)7-5-14/h3-11H,1-2H3/b15-10+. The highest BCUT2D eigenvalue weighted by Gasteiger charge is 2.22. The van der Waals surface area contributed by atoms with E-state index in [9.17, 15) is 4.79 Å². The van der Waals surface area contributed by atoms with Gasteiger partial charge in [0.15, 0.2) is 0 Å². The first-order valence-corrected chi connectivity index (χ1v) is 7.81. The first-order valence-electron chi connectivity index (χ1n) is 7.02. The van der Waals surface area contributed by atoms with Gasteiger partial charge in [0.05, 0.1) is 5.57 Å². The molecule has 2 nitrogen and oxygen atoms in total. The fourth-order valence-electron chi connectivity index (χ4n) is 2.45. The zero-order valence-corrected chi connectivity index (χ0v) is 14.0. The molecule has 2 aromatic rings. The van der Waals surface area contributed by atoms with Crippen molar-refractivity contribution >= 4 is 33.7 Å². The topological polar surface area (TPSA) is 26.3 Å². The molecule has 0 spiro atoms. The minimum absolute atomic E-state index is 0.308. The second kappa shape index (κ2) is 5.93. The molecule has 2 aromatic carbocycles. The summed E-state index contributed by atoms with van der Waals surface area (Å²) >= 11 is 3.40. The molecular weight excluding hydrogens is 340 g/mol. The van der Waals surface area contributed by atoms with Crippen LogP contribution in [0, 0.1) is 13.8 Å². The Morgan fingerprint density at radius 2 is 1.77 bits per heavy atom. The number of cyclic esters (lactones) is 1. The lowest BCUT2D eigenvalue weighted by atomic mass is 10.0. The van der Waals surface area contributed by atoms with Crippen molar-refractivity contribution in [3.63, 3.8) is 0 Å². The van der Waals surface area contributed by atoms with E-state index in [4.69, 9.17) is 4.74 Å². The molecule has 0 aliphatic carbocycles. The molecule has 110 valence electrons. The maximum absolute atomic E-state index is 12.1. The normalized spacial score (nSPS) is 15.9. The summed E-state index contributed by atoms with van der Waals surface area (Å²) in [6, 6.07) is 13.9. The van der Waals surface area contributed by atoms with E-state index in [-0.39, 0.29) is 5.97 Å². The summed E-state index contributed by atoms with van der Waals surface area (Å²) in [5.74, 6) is 0.309. The van der Waals surface area contributed by atoms with E-state index in [1.807, 2.05) is 62.4 Å². The molecule has 1 aliphatic rings. The van der Waals surface area contributed by atoms with Gasteiger partial charge in [-0.2, -0.15) is 0 Å². The molecule has 3 heteroatoms. The lowest BCUT2D eigenvalue weighted by Crippen LogP contribution is -1.98. The molecule has 3 rings (SSSR count). The van der Waals surface area contributed by atoms with Crippen molar-refractivity contribution in [1.29, 1.82) is 0 Å². The number of esters is 1. The van der Waals surface area contributed by atoms with Crippen molar-refractivity contribution in [2.24, 2.45) is 0 Å². The molecular formula is C19H15BrO2. The highest BCUT2D eigenvalue weighted by Crippen LogP contribution is 2.29. The number of rotatable bonds is 2. The van der Waals surface area contributed by atoms with E-state index in [0.717, 1.165) is 21.2 Å². The smallest absolute Gasteiger partial charge is 0.343 e. The molecule has 0 bridgehead atoms. The number of benzene rings is 2. The van der Waals surface area contributed by atoms with Gasteiger partial charge in [0.2, 0.25) is 0 Å². The summed E-state index contributed by atoms with van der Waals surface area (Å²) in [4.78, 5) is 12.1. The van der Waals surface area contributed by atoms with Gasteiger partial charge in [0.1, 0.15) is 5.76 Å². The van der Waals surface area contributed by atoms with Gasteiger partial charge in [-0.15, -0.1) is 0 Å². The van der Waals surface area contributed by atoms with Crippen molar-refractivity contribution in [2.75, 3.05) is 0 Å². The van der Waals surface area contributed by atoms with Gasteiger partial charge in [0.25, 0.3) is 0 Å². The Morgan fingerprint density at radius 3 is 2.45 bits per heavy atom. The van der Waals surface area contributed by atoms with Gasteiger partial charge < -0.3 is 4.74 Å². The van der Waals surface area contributed by atoms with Gasteiger partial charge in [-0.25, -0.2) is 4.79 Å². The number of ether oxygens (including phenoxy) is 1. The molecule has 0 fully saturated rings. The lowest BCUT2D eigenvalue weighted by molar-refractivity contribution is -0.130. The average molecular weight is 355 g/mol. The second-order valence-electron chi connectivity index (χ2n) is 5.37. The van der Waals surface area contributed by atoms with Gasteiger partial charge in [-0.05, 0) is 49.3 Å². The Labute approximate surface area is 138 Å². The van der Waals surface area contributed by atoms with E-state index in [2.05, 4.69) is 22.0 Å². The van der Waals surface area contributed by atoms with Crippen molar-refractivity contribution in [3.8, 4) is 0 Å². The first kappa shape index (κ1) is 14.8. The Morgan fingerprint density at radius 1 is 1.05 bits per heavy atom. The largest absolute Gasteiger partial charge is 0.422 e. The highest BCUT2D eigenvalue weighted by atomic mass is 79.9. The van der Waals surface area contributed by atoms with Crippen molar-refractivity contribution in [3.05, 3.63) is 80.8 Å². The van der Waals surface area contributed by atoms with Crippen LogP contribution < -0.4 is 0 Å². The van der Waals surface area contributed by atoms with E-state index < -0.39 is 0 Å². The third kappa shape index (κ3) is 3.04. The van der Waals surface area contributed by atoms with E-state index in [0.29, 0.717) is 11.3 Å². The molecule has 0 aromatic heterocycles. The van der Waals surface area contributed by atoms with Crippen LogP contribution in [0.2, 0.25) is 0 Å². The predicted molar refractivity (Wildman–Crippen MR) is 92.1 cm³/mol. The Bertz CT molecular complexity index is 799. The van der Waals surface area contributed by atoms with Gasteiger partial charge in [-0.3, -0.25) is 0 Å². The lowest BCUT2D eigenvalue weighted by Gasteiger charge is -2.06. The summed E-state index contributed by atoms with van der Waals surface area (Å²) < 4.78 is 6.43. The van der Waals surface area contributed by atoms with Crippen LogP contribution in [0.25, 0.3) is 11.8 Å². The Hall–Kier alpha value is -2.13. The molecule has 0 radical (unpaired) electrons. The fourth-order valence-corrected chi connectivity index (χ4v) is 2.71. The monoisotopic (exact) mass is 354 g/mol. The third-order valence-corrected chi connectivity index (χ3v) is 4.09. The van der Waals surface area contributed by atoms with Gasteiger partial charge in [0, 0.05) is 10.0 Å². The zero-order chi connectivity index (χ0) is 15.7. The molecule has 22 heavy (non-hydrogen) atoms. The number of hydrogen-bond donors (Lipinski definition) is 0. The maximum Gasteiger partial charge on any atom is 0.343 e. The third-order valence-electron chi connectivity index (χ3n) is 3.56. The number of aryl methyl sites for hydroxylation is 2. The molecule has 0 atom stereocenters. The molecule has 1 heterocycles. The molecule has 0 saturated heterocycles. The van der Waals surface area contributed by atoms with Crippen LogP contribution in [0.4, 0.5) is 0 Å².